The maximum Gasteiger partial charge on any atom is 0.119 e. The van der Waals surface area contributed by atoms with Gasteiger partial charge in [-0.15, -0.1) is 11.3 Å². The summed E-state index contributed by atoms with van der Waals surface area (Å²) in [6.07, 6.45) is -0.542. The van der Waals surface area contributed by atoms with Gasteiger partial charge in [0.25, 0.3) is 0 Å². The minimum atomic E-state index is -0.542. The van der Waals surface area contributed by atoms with Crippen LogP contribution in [0.15, 0.2) is 30.3 Å². The molecule has 0 aliphatic carbocycles. The number of benzene rings is 1. The maximum atomic E-state index is 10.3. The summed E-state index contributed by atoms with van der Waals surface area (Å²) in [5, 5.41) is 10.3. The monoisotopic (exact) mass is 248 g/mol. The molecule has 0 spiro atoms. The number of thiophene rings is 1. The maximum absolute atomic E-state index is 10.3. The quantitative estimate of drug-likeness (QED) is 0.901. The number of aliphatic hydroxyl groups excluding tert-OH is 1. The second kappa shape index (κ2) is 4.90. The minimum Gasteiger partial charge on any atom is -0.497 e. The molecule has 0 radical (unpaired) electrons. The average Bonchev–Trinajstić information content (AvgIpc) is 2.75. The summed E-state index contributed by atoms with van der Waals surface area (Å²) >= 11 is 1.63. The molecule has 1 aromatic carbocycles. The van der Waals surface area contributed by atoms with Gasteiger partial charge in [-0.25, -0.2) is 0 Å². The lowest BCUT2D eigenvalue weighted by atomic mass is 10.0. The van der Waals surface area contributed by atoms with Crippen LogP contribution < -0.4 is 4.74 Å². The van der Waals surface area contributed by atoms with Crippen molar-refractivity contribution in [3.05, 3.63) is 51.2 Å². The number of methoxy groups -OCH3 is 1. The number of ether oxygens (including phenoxy) is 1. The second-order valence-electron chi connectivity index (χ2n) is 4.07. The third-order valence-electron chi connectivity index (χ3n) is 2.80. The van der Waals surface area contributed by atoms with Crippen LogP contribution in [0.1, 0.15) is 27.0 Å². The third-order valence-corrected chi connectivity index (χ3v) is 3.86. The highest BCUT2D eigenvalue weighted by molar-refractivity contribution is 7.12. The molecule has 0 amide bonds. The molecular formula is C14H16O2S. The van der Waals surface area contributed by atoms with Crippen molar-refractivity contribution in [2.24, 2.45) is 0 Å². The lowest BCUT2D eigenvalue weighted by Gasteiger charge is -2.13. The number of aliphatic hydroxyl groups is 1. The fraction of sp³-hybridized carbons (Fsp3) is 0.286. The summed E-state index contributed by atoms with van der Waals surface area (Å²) in [5.74, 6) is 0.820. The second-order valence-corrected chi connectivity index (χ2v) is 5.39. The molecule has 0 saturated heterocycles. The van der Waals surface area contributed by atoms with E-state index < -0.39 is 6.10 Å². The van der Waals surface area contributed by atoms with Gasteiger partial charge in [0.1, 0.15) is 11.9 Å². The molecule has 1 heterocycles. The minimum absolute atomic E-state index is 0.542. The molecule has 1 aromatic heterocycles. The molecule has 1 N–H and O–H groups in total. The largest absolute Gasteiger partial charge is 0.497 e. The molecule has 17 heavy (non-hydrogen) atoms. The highest BCUT2D eigenvalue weighted by Crippen LogP contribution is 2.31. The van der Waals surface area contributed by atoms with Crippen LogP contribution in [0.4, 0.5) is 0 Å². The van der Waals surface area contributed by atoms with Crippen LogP contribution in [-0.2, 0) is 0 Å². The van der Waals surface area contributed by atoms with Crippen LogP contribution in [0.2, 0.25) is 0 Å². The lowest BCUT2D eigenvalue weighted by Crippen LogP contribution is -2.00. The van der Waals surface area contributed by atoms with E-state index in [4.69, 9.17) is 4.74 Å². The molecule has 1 atom stereocenters. The summed E-state index contributed by atoms with van der Waals surface area (Å²) in [4.78, 5) is 2.20. The fourth-order valence-electron chi connectivity index (χ4n) is 1.84. The zero-order valence-electron chi connectivity index (χ0n) is 10.2. The molecule has 90 valence electrons. The standard InChI is InChI=1S/C14H16O2S/c1-9-8-11(16-3)5-6-12(9)14(15)13-7-4-10(2)17-13/h4-8,14-15H,1-3H3/t14-/m0/s1. The Labute approximate surface area is 105 Å². The van der Waals surface area contributed by atoms with Gasteiger partial charge in [-0.3, -0.25) is 0 Å². The van der Waals surface area contributed by atoms with Gasteiger partial charge in [0.2, 0.25) is 0 Å². The molecule has 0 fully saturated rings. The van der Waals surface area contributed by atoms with Gasteiger partial charge < -0.3 is 9.84 Å². The van der Waals surface area contributed by atoms with Gasteiger partial charge in [-0.2, -0.15) is 0 Å². The van der Waals surface area contributed by atoms with Crippen molar-refractivity contribution in [2.45, 2.75) is 20.0 Å². The summed E-state index contributed by atoms with van der Waals surface area (Å²) in [5.41, 5.74) is 1.98. The molecular weight excluding hydrogens is 232 g/mol. The zero-order valence-corrected chi connectivity index (χ0v) is 11.0. The fourth-order valence-corrected chi connectivity index (χ4v) is 2.72. The van der Waals surface area contributed by atoms with E-state index in [-0.39, 0.29) is 0 Å². The molecule has 0 unspecified atom stereocenters. The van der Waals surface area contributed by atoms with E-state index in [9.17, 15) is 5.11 Å². The molecule has 0 aliphatic rings. The number of hydrogen-bond acceptors (Lipinski definition) is 3. The first-order valence-electron chi connectivity index (χ1n) is 5.50. The number of aryl methyl sites for hydroxylation is 2. The summed E-state index contributed by atoms with van der Waals surface area (Å²) in [6.45, 7) is 4.03. The van der Waals surface area contributed by atoms with Crippen LogP contribution >= 0.6 is 11.3 Å². The molecule has 2 rings (SSSR count). The van der Waals surface area contributed by atoms with Crippen LogP contribution in [0.5, 0.6) is 5.75 Å². The van der Waals surface area contributed by atoms with E-state index in [1.165, 1.54) is 4.88 Å². The van der Waals surface area contributed by atoms with Gasteiger partial charge >= 0.3 is 0 Å². The van der Waals surface area contributed by atoms with Crippen LogP contribution in [0.25, 0.3) is 0 Å². The zero-order chi connectivity index (χ0) is 12.4. The Kier molecular flexibility index (Phi) is 3.50. The molecule has 0 aliphatic heterocycles. The highest BCUT2D eigenvalue weighted by atomic mass is 32.1. The van der Waals surface area contributed by atoms with Gasteiger partial charge in [-0.05, 0) is 49.2 Å². The van der Waals surface area contributed by atoms with E-state index in [2.05, 4.69) is 0 Å². The van der Waals surface area contributed by atoms with Crippen molar-refractivity contribution >= 4 is 11.3 Å². The first-order valence-corrected chi connectivity index (χ1v) is 6.32. The molecule has 0 saturated carbocycles. The molecule has 3 heteroatoms. The van der Waals surface area contributed by atoms with Crippen LogP contribution in [0.3, 0.4) is 0 Å². The smallest absolute Gasteiger partial charge is 0.119 e. The van der Waals surface area contributed by atoms with Crippen molar-refractivity contribution in [1.29, 1.82) is 0 Å². The summed E-state index contributed by atoms with van der Waals surface area (Å²) < 4.78 is 5.16. The first kappa shape index (κ1) is 12.1. The van der Waals surface area contributed by atoms with Crippen molar-refractivity contribution in [1.82, 2.24) is 0 Å². The Hall–Kier alpha value is -1.32. The van der Waals surface area contributed by atoms with Crippen molar-refractivity contribution in [3.8, 4) is 5.75 Å². The van der Waals surface area contributed by atoms with Crippen molar-refractivity contribution in [2.75, 3.05) is 7.11 Å². The van der Waals surface area contributed by atoms with E-state index >= 15 is 0 Å². The Morgan fingerprint density at radius 3 is 2.47 bits per heavy atom. The predicted molar refractivity (Wildman–Crippen MR) is 70.8 cm³/mol. The highest BCUT2D eigenvalue weighted by Gasteiger charge is 2.14. The van der Waals surface area contributed by atoms with Crippen LogP contribution in [0, 0.1) is 13.8 Å². The molecule has 2 nitrogen and oxygen atoms in total. The molecule has 0 bridgehead atoms. The number of hydrogen-bond donors (Lipinski definition) is 1. The SMILES string of the molecule is COc1ccc([C@H](O)c2ccc(C)s2)c(C)c1. The van der Waals surface area contributed by atoms with Crippen molar-refractivity contribution in [3.63, 3.8) is 0 Å². The normalized spacial score (nSPS) is 12.5. The number of rotatable bonds is 3. The Balaban J connectivity index is 2.34. The van der Waals surface area contributed by atoms with E-state index in [0.29, 0.717) is 0 Å². The van der Waals surface area contributed by atoms with Gasteiger partial charge in [-0.1, -0.05) is 6.07 Å². The predicted octanol–water partition coefficient (Wildman–Crippen LogP) is 3.46. The molecule has 2 aromatic rings. The van der Waals surface area contributed by atoms with E-state index in [0.717, 1.165) is 21.8 Å². The van der Waals surface area contributed by atoms with Gasteiger partial charge in [0, 0.05) is 9.75 Å². The van der Waals surface area contributed by atoms with Gasteiger partial charge in [0.05, 0.1) is 7.11 Å². The Morgan fingerprint density at radius 2 is 1.94 bits per heavy atom. The summed E-state index contributed by atoms with van der Waals surface area (Å²) in [6, 6.07) is 9.76. The summed E-state index contributed by atoms with van der Waals surface area (Å²) in [7, 11) is 1.65. The van der Waals surface area contributed by atoms with Crippen LogP contribution in [-0.4, -0.2) is 12.2 Å². The lowest BCUT2D eigenvalue weighted by molar-refractivity contribution is 0.223. The van der Waals surface area contributed by atoms with Crippen molar-refractivity contribution < 1.29 is 9.84 Å². The van der Waals surface area contributed by atoms with Gasteiger partial charge in [0.15, 0.2) is 0 Å². The van der Waals surface area contributed by atoms with E-state index in [1.807, 2.05) is 44.2 Å². The Bertz CT molecular complexity index is 517. The Morgan fingerprint density at radius 1 is 1.18 bits per heavy atom. The first-order chi connectivity index (χ1) is 8.11. The third kappa shape index (κ3) is 2.51. The van der Waals surface area contributed by atoms with E-state index in [1.54, 1.807) is 18.4 Å². The average molecular weight is 248 g/mol. The topological polar surface area (TPSA) is 29.5 Å².